The van der Waals surface area contributed by atoms with E-state index in [1.807, 2.05) is 29.2 Å². The smallest absolute Gasteiger partial charge is 0.233 e. The van der Waals surface area contributed by atoms with Crippen LogP contribution in [0.25, 0.3) is 0 Å². The maximum absolute atomic E-state index is 13.0. The minimum Gasteiger partial charge on any atom is -0.399 e. The molecule has 0 radical (unpaired) electrons. The molecule has 116 valence electrons. The average Bonchev–Trinajstić information content (AvgIpc) is 3.29. The first-order chi connectivity index (χ1) is 10.1. The number of carbonyl (C=O) groups excluding carboxylic acids is 1. The molecule has 0 aliphatic heterocycles. The van der Waals surface area contributed by atoms with E-state index < -0.39 is 0 Å². The number of nitrogen functional groups attached to an aromatic ring is 1. The normalized spacial score (nSPS) is 16.0. The quantitative estimate of drug-likeness (QED) is 0.757. The molecule has 3 N–H and O–H groups in total. The van der Waals surface area contributed by atoms with Crippen LogP contribution in [0.15, 0.2) is 24.3 Å². The summed E-state index contributed by atoms with van der Waals surface area (Å²) in [5.41, 5.74) is 7.12. The van der Waals surface area contributed by atoms with Crippen molar-refractivity contribution in [3.05, 3.63) is 29.8 Å². The molecule has 0 saturated heterocycles. The minimum atomic E-state index is -0.383. The van der Waals surface area contributed by atoms with E-state index in [1.54, 1.807) is 0 Å². The van der Waals surface area contributed by atoms with Crippen LogP contribution < -0.4 is 5.73 Å². The monoisotopic (exact) mass is 290 g/mol. The van der Waals surface area contributed by atoms with Gasteiger partial charge in [-0.25, -0.2) is 0 Å². The van der Waals surface area contributed by atoms with Crippen LogP contribution in [0.4, 0.5) is 5.69 Å². The van der Waals surface area contributed by atoms with E-state index in [9.17, 15) is 9.90 Å². The van der Waals surface area contributed by atoms with Crippen molar-refractivity contribution < 1.29 is 9.90 Å². The molecule has 1 aromatic carbocycles. The van der Waals surface area contributed by atoms with Crippen LogP contribution in [0.1, 0.15) is 45.1 Å². The first-order valence-corrected chi connectivity index (χ1v) is 7.87. The second kappa shape index (κ2) is 6.48. The zero-order chi connectivity index (χ0) is 15.5. The second-order valence-electron chi connectivity index (χ2n) is 5.90. The highest BCUT2D eigenvalue weighted by Gasteiger charge is 2.53. The maximum atomic E-state index is 13.0. The van der Waals surface area contributed by atoms with Crippen molar-refractivity contribution >= 4 is 11.6 Å². The number of nitrogens with zero attached hydrogens (tertiary/aromatic N) is 1. The first kappa shape index (κ1) is 15.8. The molecule has 1 aliphatic rings. The third kappa shape index (κ3) is 3.05. The van der Waals surface area contributed by atoms with Crippen LogP contribution in [-0.4, -0.2) is 35.1 Å². The highest BCUT2D eigenvalue weighted by molar-refractivity contribution is 5.91. The van der Waals surface area contributed by atoms with Gasteiger partial charge in [0.2, 0.25) is 5.91 Å². The third-order valence-electron chi connectivity index (χ3n) is 4.61. The lowest BCUT2D eigenvalue weighted by Crippen LogP contribution is -2.46. The molecule has 0 bridgehead atoms. The van der Waals surface area contributed by atoms with E-state index in [0.717, 1.165) is 31.2 Å². The van der Waals surface area contributed by atoms with E-state index in [4.69, 9.17) is 5.73 Å². The van der Waals surface area contributed by atoms with Gasteiger partial charge in [-0.15, -0.1) is 0 Å². The van der Waals surface area contributed by atoms with Crippen LogP contribution in [0, 0.1) is 0 Å². The van der Waals surface area contributed by atoms with E-state index >= 15 is 0 Å². The lowest BCUT2D eigenvalue weighted by Gasteiger charge is -2.33. The lowest BCUT2D eigenvalue weighted by molar-refractivity contribution is -0.137. The minimum absolute atomic E-state index is 0.0139. The predicted octanol–water partition coefficient (Wildman–Crippen LogP) is 2.31. The number of aliphatic hydroxyl groups is 1. The summed E-state index contributed by atoms with van der Waals surface area (Å²) in [6.45, 7) is 4.62. The van der Waals surface area contributed by atoms with Gasteiger partial charge in [0.1, 0.15) is 0 Å². The maximum Gasteiger partial charge on any atom is 0.233 e. The molecule has 0 unspecified atom stereocenters. The lowest BCUT2D eigenvalue weighted by atomic mass is 9.93. The van der Waals surface area contributed by atoms with Gasteiger partial charge in [-0.3, -0.25) is 4.79 Å². The highest BCUT2D eigenvalue weighted by Crippen LogP contribution is 2.50. The molecular formula is C17H26N2O2. The summed E-state index contributed by atoms with van der Waals surface area (Å²) in [6.07, 6.45) is 3.61. The summed E-state index contributed by atoms with van der Waals surface area (Å²) < 4.78 is 0. The molecule has 1 saturated carbocycles. The average molecular weight is 290 g/mol. The molecule has 4 nitrogen and oxygen atoms in total. The van der Waals surface area contributed by atoms with Gasteiger partial charge in [0.05, 0.1) is 12.0 Å². The molecule has 1 aromatic rings. The summed E-state index contributed by atoms with van der Waals surface area (Å²) in [7, 11) is 0. The number of nitrogens with two attached hydrogens (primary N) is 1. The number of rotatable bonds is 7. The Labute approximate surface area is 126 Å². The van der Waals surface area contributed by atoms with Crippen molar-refractivity contribution in [1.82, 2.24) is 4.90 Å². The number of hydrogen-bond acceptors (Lipinski definition) is 3. The summed E-state index contributed by atoms with van der Waals surface area (Å²) in [4.78, 5) is 14.9. The molecule has 1 aliphatic carbocycles. The van der Waals surface area contributed by atoms with Crippen LogP contribution in [0.2, 0.25) is 0 Å². The van der Waals surface area contributed by atoms with Gasteiger partial charge >= 0.3 is 0 Å². The van der Waals surface area contributed by atoms with E-state index in [1.165, 1.54) is 0 Å². The third-order valence-corrected chi connectivity index (χ3v) is 4.61. The Morgan fingerprint density at radius 3 is 2.29 bits per heavy atom. The second-order valence-corrected chi connectivity index (χ2v) is 5.90. The fourth-order valence-electron chi connectivity index (χ4n) is 3.12. The van der Waals surface area contributed by atoms with Crippen molar-refractivity contribution in [2.75, 3.05) is 18.9 Å². The molecule has 1 amide bonds. The number of benzene rings is 1. The molecule has 1 fully saturated rings. The number of aliphatic hydroxyl groups excluding tert-OH is 1. The van der Waals surface area contributed by atoms with Crippen LogP contribution >= 0.6 is 0 Å². The van der Waals surface area contributed by atoms with Gasteiger partial charge in [0.15, 0.2) is 0 Å². The molecule has 0 spiro atoms. The number of amides is 1. The van der Waals surface area contributed by atoms with Crippen molar-refractivity contribution in [1.29, 1.82) is 0 Å². The Morgan fingerprint density at radius 2 is 1.86 bits per heavy atom. The summed E-state index contributed by atoms with van der Waals surface area (Å²) in [5, 5.41) is 9.31. The Morgan fingerprint density at radius 1 is 1.29 bits per heavy atom. The topological polar surface area (TPSA) is 66.6 Å². The van der Waals surface area contributed by atoms with Gasteiger partial charge in [0.25, 0.3) is 0 Å². The molecule has 0 atom stereocenters. The fraction of sp³-hybridized carbons (Fsp3) is 0.588. The van der Waals surface area contributed by atoms with E-state index in [2.05, 4.69) is 13.8 Å². The van der Waals surface area contributed by atoms with Gasteiger partial charge < -0.3 is 15.7 Å². The van der Waals surface area contributed by atoms with Gasteiger partial charge in [-0.05, 0) is 43.4 Å². The Hall–Kier alpha value is -1.55. The van der Waals surface area contributed by atoms with E-state index in [0.29, 0.717) is 12.2 Å². The standard InChI is InChI=1S/C17H26N2O2/c1-3-15(4-2)19(11-12-20)16(21)17(9-10-17)13-5-7-14(18)8-6-13/h5-8,15,20H,3-4,9-12,18H2,1-2H3. The zero-order valence-electron chi connectivity index (χ0n) is 13.0. The van der Waals surface area contributed by atoms with Gasteiger partial charge in [-0.2, -0.15) is 0 Å². The van der Waals surface area contributed by atoms with Crippen molar-refractivity contribution in [3.63, 3.8) is 0 Å². The zero-order valence-corrected chi connectivity index (χ0v) is 13.0. The molecule has 4 heteroatoms. The highest BCUT2D eigenvalue weighted by atomic mass is 16.3. The number of anilines is 1. The van der Waals surface area contributed by atoms with Crippen LogP contribution in [-0.2, 0) is 10.2 Å². The Kier molecular flexibility index (Phi) is 4.88. The van der Waals surface area contributed by atoms with Crippen molar-refractivity contribution in [3.8, 4) is 0 Å². The molecule has 0 aromatic heterocycles. The molecule has 0 heterocycles. The van der Waals surface area contributed by atoms with Crippen molar-refractivity contribution in [2.24, 2.45) is 0 Å². The largest absolute Gasteiger partial charge is 0.399 e. The van der Waals surface area contributed by atoms with Gasteiger partial charge in [0, 0.05) is 18.3 Å². The Balaban J connectivity index is 2.25. The van der Waals surface area contributed by atoms with Crippen LogP contribution in [0.3, 0.4) is 0 Å². The summed E-state index contributed by atoms with van der Waals surface area (Å²) >= 11 is 0. The molecular weight excluding hydrogens is 264 g/mol. The number of carbonyl (C=O) groups is 1. The van der Waals surface area contributed by atoms with Crippen LogP contribution in [0.5, 0.6) is 0 Å². The first-order valence-electron chi connectivity index (χ1n) is 7.87. The fourth-order valence-corrected chi connectivity index (χ4v) is 3.12. The summed E-state index contributed by atoms with van der Waals surface area (Å²) in [6, 6.07) is 7.84. The Bertz CT molecular complexity index is 476. The van der Waals surface area contributed by atoms with Crippen molar-refractivity contribution in [2.45, 2.75) is 51.0 Å². The predicted molar refractivity (Wildman–Crippen MR) is 84.9 cm³/mol. The van der Waals surface area contributed by atoms with Gasteiger partial charge in [-0.1, -0.05) is 26.0 Å². The molecule has 2 rings (SSSR count). The van der Waals surface area contributed by atoms with E-state index in [-0.39, 0.29) is 24.0 Å². The molecule has 21 heavy (non-hydrogen) atoms. The summed E-state index contributed by atoms with van der Waals surface area (Å²) in [5.74, 6) is 0.162. The SMILES string of the molecule is CCC(CC)N(CCO)C(=O)C1(c2ccc(N)cc2)CC1. The number of hydrogen-bond donors (Lipinski definition) is 2.